The molecule has 0 atom stereocenters. The second-order valence-electron chi connectivity index (χ2n) is 6.35. The van der Waals surface area contributed by atoms with Crippen LogP contribution in [0.15, 0.2) is 67.1 Å². The monoisotopic (exact) mass is 383 g/mol. The highest BCUT2D eigenvalue weighted by Crippen LogP contribution is 2.29. The highest BCUT2D eigenvalue weighted by Gasteiger charge is 2.33. The van der Waals surface area contributed by atoms with Gasteiger partial charge in [-0.15, -0.1) is 0 Å². The van der Waals surface area contributed by atoms with Crippen LogP contribution in [0.25, 0.3) is 17.0 Å². The van der Waals surface area contributed by atoms with Crippen LogP contribution in [0, 0.1) is 6.92 Å². The summed E-state index contributed by atoms with van der Waals surface area (Å²) in [7, 11) is 0. The molecule has 28 heavy (non-hydrogen) atoms. The summed E-state index contributed by atoms with van der Waals surface area (Å²) < 4.78 is 41.5. The van der Waals surface area contributed by atoms with E-state index in [1.54, 1.807) is 36.5 Å². The maximum atomic E-state index is 13.2. The molecule has 0 spiro atoms. The van der Waals surface area contributed by atoms with E-state index in [4.69, 9.17) is 0 Å². The minimum absolute atomic E-state index is 0.0236. The fourth-order valence-corrected chi connectivity index (χ4v) is 2.92. The second kappa shape index (κ2) is 6.95. The normalized spacial score (nSPS) is 11.7. The largest absolute Gasteiger partial charge is 0.406 e. The topological polar surface area (TPSA) is 46.3 Å². The van der Waals surface area contributed by atoms with Crippen molar-refractivity contribution in [2.75, 3.05) is 11.4 Å². The van der Waals surface area contributed by atoms with Crippen LogP contribution in [0.4, 0.5) is 24.8 Å². The van der Waals surface area contributed by atoms with E-state index in [-0.39, 0.29) is 5.95 Å². The molecular formula is C20H16F3N5. The first kappa shape index (κ1) is 18.0. The zero-order valence-electron chi connectivity index (χ0n) is 14.9. The van der Waals surface area contributed by atoms with E-state index < -0.39 is 12.7 Å². The number of benzene rings is 1. The summed E-state index contributed by atoms with van der Waals surface area (Å²) in [6, 6.07) is 14.0. The van der Waals surface area contributed by atoms with Crippen molar-refractivity contribution >= 4 is 17.3 Å². The first-order valence-corrected chi connectivity index (χ1v) is 8.57. The number of anilines is 2. The first-order chi connectivity index (χ1) is 13.4. The summed E-state index contributed by atoms with van der Waals surface area (Å²) in [5, 5.41) is 0. The molecule has 3 aromatic heterocycles. The van der Waals surface area contributed by atoms with Gasteiger partial charge in [-0.1, -0.05) is 23.8 Å². The lowest BCUT2D eigenvalue weighted by molar-refractivity contribution is -0.118. The molecule has 0 unspecified atom stereocenters. The van der Waals surface area contributed by atoms with Crippen molar-refractivity contribution in [2.45, 2.75) is 13.1 Å². The second-order valence-corrected chi connectivity index (χ2v) is 6.35. The Morgan fingerprint density at radius 2 is 1.79 bits per heavy atom. The van der Waals surface area contributed by atoms with Crippen LogP contribution in [0.5, 0.6) is 0 Å². The summed E-state index contributed by atoms with van der Waals surface area (Å²) in [6.45, 7) is 0.687. The summed E-state index contributed by atoms with van der Waals surface area (Å²) in [5.74, 6) is -0.0236. The molecule has 0 aliphatic carbocycles. The van der Waals surface area contributed by atoms with E-state index in [1.165, 1.54) is 6.20 Å². The third kappa shape index (κ3) is 3.66. The predicted octanol–water partition coefficient (Wildman–Crippen LogP) is 4.80. The summed E-state index contributed by atoms with van der Waals surface area (Å²) in [4.78, 5) is 13.9. The number of aromatic nitrogens is 4. The lowest BCUT2D eigenvalue weighted by atomic mass is 10.2. The van der Waals surface area contributed by atoms with Gasteiger partial charge in [0, 0.05) is 18.1 Å². The highest BCUT2D eigenvalue weighted by atomic mass is 19.4. The van der Waals surface area contributed by atoms with Gasteiger partial charge in [-0.25, -0.2) is 15.0 Å². The molecule has 0 saturated carbocycles. The van der Waals surface area contributed by atoms with E-state index in [9.17, 15) is 13.2 Å². The highest BCUT2D eigenvalue weighted by molar-refractivity contribution is 5.64. The quantitative estimate of drug-likeness (QED) is 0.508. The number of hydrogen-bond acceptors (Lipinski definition) is 4. The van der Waals surface area contributed by atoms with Gasteiger partial charge in [-0.2, -0.15) is 13.2 Å². The summed E-state index contributed by atoms with van der Waals surface area (Å²) >= 11 is 0. The van der Waals surface area contributed by atoms with Crippen molar-refractivity contribution in [3.8, 4) is 11.4 Å². The maximum Gasteiger partial charge on any atom is 0.406 e. The number of rotatable bonds is 4. The van der Waals surface area contributed by atoms with E-state index >= 15 is 0 Å². The lowest BCUT2D eigenvalue weighted by Gasteiger charge is -2.24. The van der Waals surface area contributed by atoms with Crippen LogP contribution in [-0.2, 0) is 0 Å². The molecule has 8 heteroatoms. The van der Waals surface area contributed by atoms with E-state index in [0.29, 0.717) is 17.1 Å². The molecule has 5 nitrogen and oxygen atoms in total. The zero-order valence-corrected chi connectivity index (χ0v) is 14.9. The Labute approximate surface area is 159 Å². The van der Waals surface area contributed by atoms with E-state index in [0.717, 1.165) is 16.1 Å². The minimum Gasteiger partial charge on any atom is -0.301 e. The lowest BCUT2D eigenvalue weighted by Crippen LogP contribution is -2.31. The number of aryl methyl sites for hydroxylation is 1. The molecule has 0 saturated heterocycles. The van der Waals surface area contributed by atoms with Crippen LogP contribution in [-0.4, -0.2) is 32.1 Å². The van der Waals surface area contributed by atoms with Crippen molar-refractivity contribution in [1.82, 2.24) is 19.4 Å². The Morgan fingerprint density at radius 3 is 2.54 bits per heavy atom. The molecule has 0 amide bonds. The SMILES string of the molecule is Cc1ccc(N(CC(F)(F)F)c2nccc(-c3cnc4ccccn34)n2)cc1. The average molecular weight is 383 g/mol. The van der Waals surface area contributed by atoms with Gasteiger partial charge in [0.2, 0.25) is 5.95 Å². The van der Waals surface area contributed by atoms with Crippen molar-refractivity contribution in [3.05, 3.63) is 72.7 Å². The fraction of sp³-hybridized carbons (Fsp3) is 0.150. The zero-order chi connectivity index (χ0) is 19.7. The van der Waals surface area contributed by atoms with Crippen molar-refractivity contribution in [1.29, 1.82) is 0 Å². The molecule has 0 aliphatic heterocycles. The van der Waals surface area contributed by atoms with Crippen LogP contribution in [0.2, 0.25) is 0 Å². The van der Waals surface area contributed by atoms with Crippen LogP contribution < -0.4 is 4.90 Å². The number of imidazole rings is 1. The third-order valence-corrected chi connectivity index (χ3v) is 4.25. The maximum absolute atomic E-state index is 13.2. The molecule has 142 valence electrons. The molecule has 0 fully saturated rings. The van der Waals surface area contributed by atoms with Gasteiger partial charge in [0.15, 0.2) is 0 Å². The Kier molecular flexibility index (Phi) is 4.46. The third-order valence-electron chi connectivity index (χ3n) is 4.25. The first-order valence-electron chi connectivity index (χ1n) is 8.57. The van der Waals surface area contributed by atoms with Crippen LogP contribution in [0.1, 0.15) is 5.56 Å². The molecule has 4 rings (SSSR count). The number of alkyl halides is 3. The standard InChI is InChI=1S/C20H16F3N5/c1-14-5-7-15(8-6-14)28(13-20(21,22)23)19-24-10-9-16(26-19)17-12-25-18-4-2-3-11-27(17)18/h2-12H,13H2,1H3. The Bertz CT molecular complexity index is 1100. The Hall–Kier alpha value is -3.42. The smallest absolute Gasteiger partial charge is 0.301 e. The molecule has 0 aliphatic rings. The fourth-order valence-electron chi connectivity index (χ4n) is 2.92. The summed E-state index contributed by atoms with van der Waals surface area (Å²) in [6.07, 6.45) is 0.513. The van der Waals surface area contributed by atoms with Crippen molar-refractivity contribution in [3.63, 3.8) is 0 Å². The molecule has 4 aromatic rings. The van der Waals surface area contributed by atoms with Gasteiger partial charge >= 0.3 is 6.18 Å². The van der Waals surface area contributed by atoms with Gasteiger partial charge in [0.25, 0.3) is 0 Å². The van der Waals surface area contributed by atoms with E-state index in [1.807, 2.05) is 35.7 Å². The number of pyridine rings is 1. The van der Waals surface area contributed by atoms with Crippen LogP contribution in [0.3, 0.4) is 0 Å². The summed E-state index contributed by atoms with van der Waals surface area (Å²) in [5.41, 5.74) is 3.22. The van der Waals surface area contributed by atoms with Gasteiger partial charge in [0.05, 0.1) is 17.6 Å². The Morgan fingerprint density at radius 1 is 1.00 bits per heavy atom. The minimum atomic E-state index is -4.41. The van der Waals surface area contributed by atoms with Gasteiger partial charge < -0.3 is 4.90 Å². The van der Waals surface area contributed by atoms with Crippen molar-refractivity contribution < 1.29 is 13.2 Å². The molecule has 3 heterocycles. The van der Waals surface area contributed by atoms with Gasteiger partial charge in [-0.3, -0.25) is 4.40 Å². The van der Waals surface area contributed by atoms with E-state index in [2.05, 4.69) is 15.0 Å². The molecule has 0 N–H and O–H groups in total. The number of halogens is 3. The van der Waals surface area contributed by atoms with Crippen molar-refractivity contribution in [2.24, 2.45) is 0 Å². The van der Waals surface area contributed by atoms with Gasteiger partial charge in [-0.05, 0) is 37.3 Å². The molecular weight excluding hydrogens is 367 g/mol. The predicted molar refractivity (Wildman–Crippen MR) is 100 cm³/mol. The van der Waals surface area contributed by atoms with Gasteiger partial charge in [0.1, 0.15) is 12.2 Å². The number of hydrogen-bond donors (Lipinski definition) is 0. The number of nitrogens with zero attached hydrogens (tertiary/aromatic N) is 5. The Balaban J connectivity index is 1.79. The molecule has 1 aromatic carbocycles. The molecule has 0 radical (unpaired) electrons. The average Bonchev–Trinajstić information content (AvgIpc) is 3.10. The molecule has 0 bridgehead atoms. The van der Waals surface area contributed by atoms with Crippen LogP contribution >= 0.6 is 0 Å². The number of fused-ring (bicyclic) bond motifs is 1.